The van der Waals surface area contributed by atoms with Crippen molar-refractivity contribution in [2.45, 2.75) is 44.2 Å². The molecule has 3 rings (SSSR count). The molecule has 2 aromatic rings. The molecule has 1 aliphatic heterocycles. The molecule has 3 nitrogen and oxygen atoms in total. The van der Waals surface area contributed by atoms with Crippen molar-refractivity contribution < 1.29 is 9.84 Å². The van der Waals surface area contributed by atoms with Crippen LogP contribution in [0.3, 0.4) is 0 Å². The van der Waals surface area contributed by atoms with Gasteiger partial charge in [-0.05, 0) is 56.0 Å². The van der Waals surface area contributed by atoms with E-state index in [1.807, 2.05) is 25.1 Å². The second-order valence-electron chi connectivity index (χ2n) is 7.60. The van der Waals surface area contributed by atoms with Crippen molar-refractivity contribution in [3.63, 3.8) is 0 Å². The standard InChI is InChI=1S/C22H29NO2/c1-17-21(2,24)13-14-23-22(17,15-18-7-5-4-6-8-18)16-19-9-11-20(25-3)12-10-19/h4-12,17,23-24H,13-16H2,1-3H3. The Morgan fingerprint density at radius 2 is 1.64 bits per heavy atom. The Balaban J connectivity index is 1.93. The summed E-state index contributed by atoms with van der Waals surface area (Å²) in [6, 6.07) is 18.8. The molecule has 2 aromatic carbocycles. The van der Waals surface area contributed by atoms with Crippen LogP contribution in [0.1, 0.15) is 31.4 Å². The summed E-state index contributed by atoms with van der Waals surface area (Å²) < 4.78 is 5.28. The van der Waals surface area contributed by atoms with Gasteiger partial charge in [-0.25, -0.2) is 0 Å². The zero-order valence-electron chi connectivity index (χ0n) is 15.5. The maximum atomic E-state index is 11.0. The van der Waals surface area contributed by atoms with E-state index in [-0.39, 0.29) is 11.5 Å². The third-order valence-electron chi connectivity index (χ3n) is 5.91. The number of aliphatic hydroxyl groups is 1. The van der Waals surface area contributed by atoms with Gasteiger partial charge in [0.05, 0.1) is 12.7 Å². The normalized spacial score (nSPS) is 29.4. The van der Waals surface area contributed by atoms with Gasteiger partial charge in [-0.3, -0.25) is 0 Å². The zero-order valence-corrected chi connectivity index (χ0v) is 15.5. The molecule has 1 saturated heterocycles. The lowest BCUT2D eigenvalue weighted by molar-refractivity contribution is -0.0676. The Morgan fingerprint density at radius 3 is 2.24 bits per heavy atom. The molecule has 0 saturated carbocycles. The minimum Gasteiger partial charge on any atom is -0.497 e. The summed E-state index contributed by atoms with van der Waals surface area (Å²) >= 11 is 0. The summed E-state index contributed by atoms with van der Waals surface area (Å²) in [5.41, 5.74) is 1.73. The van der Waals surface area contributed by atoms with E-state index in [0.29, 0.717) is 0 Å². The molecule has 0 aliphatic carbocycles. The molecule has 134 valence electrons. The number of ether oxygens (including phenoxy) is 1. The topological polar surface area (TPSA) is 41.5 Å². The highest BCUT2D eigenvalue weighted by atomic mass is 16.5. The van der Waals surface area contributed by atoms with Gasteiger partial charge in [0.2, 0.25) is 0 Å². The van der Waals surface area contributed by atoms with Crippen LogP contribution in [-0.2, 0) is 12.8 Å². The third-order valence-corrected chi connectivity index (χ3v) is 5.91. The van der Waals surface area contributed by atoms with Gasteiger partial charge in [0.1, 0.15) is 5.75 Å². The average Bonchev–Trinajstić information content (AvgIpc) is 2.61. The molecular formula is C22H29NO2. The largest absolute Gasteiger partial charge is 0.497 e. The van der Waals surface area contributed by atoms with Crippen LogP contribution in [0.5, 0.6) is 5.75 Å². The smallest absolute Gasteiger partial charge is 0.118 e. The maximum absolute atomic E-state index is 11.0. The first-order valence-corrected chi connectivity index (χ1v) is 9.09. The van der Waals surface area contributed by atoms with Crippen molar-refractivity contribution in [1.29, 1.82) is 0 Å². The Hall–Kier alpha value is -1.84. The number of benzene rings is 2. The van der Waals surface area contributed by atoms with E-state index in [9.17, 15) is 5.11 Å². The SMILES string of the molecule is COc1ccc(CC2(Cc3ccccc3)NCCC(C)(O)C2C)cc1. The van der Waals surface area contributed by atoms with E-state index in [2.05, 4.69) is 48.6 Å². The predicted molar refractivity (Wildman–Crippen MR) is 102 cm³/mol. The van der Waals surface area contributed by atoms with Crippen LogP contribution in [0, 0.1) is 5.92 Å². The van der Waals surface area contributed by atoms with Crippen molar-refractivity contribution in [3.8, 4) is 5.75 Å². The van der Waals surface area contributed by atoms with Crippen LogP contribution < -0.4 is 10.1 Å². The Morgan fingerprint density at radius 1 is 1.04 bits per heavy atom. The third kappa shape index (κ3) is 3.88. The van der Waals surface area contributed by atoms with Gasteiger partial charge in [-0.15, -0.1) is 0 Å². The second-order valence-corrected chi connectivity index (χ2v) is 7.60. The molecule has 0 bridgehead atoms. The highest BCUT2D eigenvalue weighted by molar-refractivity contribution is 5.30. The Bertz CT molecular complexity index is 681. The van der Waals surface area contributed by atoms with Crippen LogP contribution >= 0.6 is 0 Å². The minimum absolute atomic E-state index is 0.135. The quantitative estimate of drug-likeness (QED) is 0.874. The summed E-state index contributed by atoms with van der Waals surface area (Å²) in [5, 5.41) is 14.7. The van der Waals surface area contributed by atoms with Crippen molar-refractivity contribution in [2.75, 3.05) is 13.7 Å². The molecule has 0 amide bonds. The highest BCUT2D eigenvalue weighted by Gasteiger charge is 2.48. The van der Waals surface area contributed by atoms with Gasteiger partial charge in [0.15, 0.2) is 0 Å². The fraction of sp³-hybridized carbons (Fsp3) is 0.455. The van der Waals surface area contributed by atoms with Crippen LogP contribution in [0.2, 0.25) is 0 Å². The Kier molecular flexibility index (Phi) is 5.16. The summed E-state index contributed by atoms with van der Waals surface area (Å²) in [5.74, 6) is 1.01. The van der Waals surface area contributed by atoms with E-state index in [1.54, 1.807) is 7.11 Å². The fourth-order valence-corrected chi connectivity index (χ4v) is 4.09. The first-order valence-electron chi connectivity index (χ1n) is 9.09. The van der Waals surface area contributed by atoms with Crippen molar-refractivity contribution in [3.05, 3.63) is 65.7 Å². The zero-order chi connectivity index (χ0) is 17.9. The fourth-order valence-electron chi connectivity index (χ4n) is 4.09. The van der Waals surface area contributed by atoms with Crippen LogP contribution in [0.4, 0.5) is 0 Å². The number of hydrogen-bond donors (Lipinski definition) is 2. The van der Waals surface area contributed by atoms with E-state index in [0.717, 1.165) is 31.6 Å². The molecule has 25 heavy (non-hydrogen) atoms. The first-order chi connectivity index (χ1) is 12.0. The van der Waals surface area contributed by atoms with Gasteiger partial charge in [-0.1, -0.05) is 49.4 Å². The van der Waals surface area contributed by atoms with Crippen molar-refractivity contribution in [2.24, 2.45) is 5.92 Å². The van der Waals surface area contributed by atoms with Gasteiger partial charge >= 0.3 is 0 Å². The van der Waals surface area contributed by atoms with Gasteiger partial charge in [-0.2, -0.15) is 0 Å². The summed E-state index contributed by atoms with van der Waals surface area (Å²) in [6.07, 6.45) is 2.56. The lowest BCUT2D eigenvalue weighted by atomic mass is 9.65. The second kappa shape index (κ2) is 7.19. The molecule has 1 fully saturated rings. The molecule has 2 N–H and O–H groups in total. The van der Waals surface area contributed by atoms with E-state index < -0.39 is 5.60 Å². The molecular weight excluding hydrogens is 310 g/mol. The number of rotatable bonds is 5. The van der Waals surface area contributed by atoms with E-state index in [1.165, 1.54) is 11.1 Å². The first kappa shape index (κ1) is 18.0. The van der Waals surface area contributed by atoms with E-state index in [4.69, 9.17) is 4.74 Å². The summed E-state index contributed by atoms with van der Waals surface area (Å²) in [7, 11) is 1.69. The minimum atomic E-state index is -0.660. The molecule has 1 aliphatic rings. The molecule has 1 heterocycles. The van der Waals surface area contributed by atoms with Crippen molar-refractivity contribution >= 4 is 0 Å². The lowest BCUT2D eigenvalue weighted by Gasteiger charge is -2.51. The average molecular weight is 339 g/mol. The maximum Gasteiger partial charge on any atom is 0.118 e. The number of piperidine rings is 1. The summed E-state index contributed by atoms with van der Waals surface area (Å²) in [6.45, 7) is 4.99. The van der Waals surface area contributed by atoms with E-state index >= 15 is 0 Å². The number of hydrogen-bond acceptors (Lipinski definition) is 3. The molecule has 3 unspecified atom stereocenters. The van der Waals surface area contributed by atoms with Crippen LogP contribution in [-0.4, -0.2) is 29.9 Å². The monoisotopic (exact) mass is 339 g/mol. The molecule has 3 atom stereocenters. The molecule has 0 spiro atoms. The predicted octanol–water partition coefficient (Wildman–Crippen LogP) is 3.60. The molecule has 0 radical (unpaired) electrons. The number of nitrogens with one attached hydrogen (secondary N) is 1. The Labute approximate surface area is 151 Å². The summed E-state index contributed by atoms with van der Waals surface area (Å²) in [4.78, 5) is 0. The van der Waals surface area contributed by atoms with Gasteiger partial charge in [0.25, 0.3) is 0 Å². The molecule has 0 aromatic heterocycles. The number of methoxy groups -OCH3 is 1. The highest BCUT2D eigenvalue weighted by Crippen LogP contribution is 2.39. The lowest BCUT2D eigenvalue weighted by Crippen LogP contribution is -2.65. The van der Waals surface area contributed by atoms with Crippen LogP contribution in [0.25, 0.3) is 0 Å². The van der Waals surface area contributed by atoms with Crippen molar-refractivity contribution in [1.82, 2.24) is 5.32 Å². The molecule has 3 heteroatoms. The van der Waals surface area contributed by atoms with Gasteiger partial charge < -0.3 is 15.2 Å². The van der Waals surface area contributed by atoms with Crippen LogP contribution in [0.15, 0.2) is 54.6 Å². The van der Waals surface area contributed by atoms with Gasteiger partial charge in [0, 0.05) is 11.5 Å².